The first-order valence-corrected chi connectivity index (χ1v) is 17.2. The molecule has 0 atom stereocenters. The third-order valence-electron chi connectivity index (χ3n) is 9.28. The van der Waals surface area contributed by atoms with Crippen molar-refractivity contribution in [2.45, 2.75) is 66.2 Å². The monoisotopic (exact) mass is 659 g/mol. The molecule has 0 radical (unpaired) electrons. The van der Waals surface area contributed by atoms with Gasteiger partial charge in [-0.15, -0.1) is 0 Å². The second-order valence-corrected chi connectivity index (χ2v) is 15.2. The van der Waals surface area contributed by atoms with Gasteiger partial charge in [-0.3, -0.25) is 4.57 Å². The summed E-state index contributed by atoms with van der Waals surface area (Å²) in [6.45, 7) is 17.7. The highest BCUT2D eigenvalue weighted by Crippen LogP contribution is 2.37. The Morgan fingerprint density at radius 1 is 0.580 bits per heavy atom. The van der Waals surface area contributed by atoms with Crippen molar-refractivity contribution in [2.24, 2.45) is 0 Å². The Labute approximate surface area is 295 Å². The number of para-hydroxylation sites is 1. The maximum absolute atomic E-state index is 6.52. The molecule has 0 saturated heterocycles. The number of pyridine rings is 2. The van der Waals surface area contributed by atoms with Gasteiger partial charge in [-0.2, -0.15) is 0 Å². The Kier molecular flexibility index (Phi) is 8.35. The van der Waals surface area contributed by atoms with Crippen LogP contribution in [0.25, 0.3) is 27.6 Å². The molecule has 0 amide bonds. The zero-order valence-corrected chi connectivity index (χ0v) is 30.2. The van der Waals surface area contributed by atoms with E-state index in [-0.39, 0.29) is 10.8 Å². The van der Waals surface area contributed by atoms with Crippen LogP contribution in [0.15, 0.2) is 116 Å². The number of rotatable bonds is 7. The van der Waals surface area contributed by atoms with Gasteiger partial charge in [0.05, 0.1) is 16.7 Å². The predicted molar refractivity (Wildman–Crippen MR) is 209 cm³/mol. The van der Waals surface area contributed by atoms with Crippen molar-refractivity contribution >= 4 is 44.7 Å². The van der Waals surface area contributed by atoms with Gasteiger partial charge in [-0.25, -0.2) is 9.97 Å². The summed E-state index contributed by atoms with van der Waals surface area (Å²) >= 11 is 0. The van der Waals surface area contributed by atoms with Crippen LogP contribution in [0.4, 0.5) is 22.9 Å². The van der Waals surface area contributed by atoms with E-state index in [9.17, 15) is 0 Å². The van der Waals surface area contributed by atoms with E-state index in [1.807, 2.05) is 48.7 Å². The number of nitrogens with one attached hydrogen (secondary N) is 2. The molecular formula is C44H45N5O. The fourth-order valence-corrected chi connectivity index (χ4v) is 6.51. The fraction of sp³-hybridized carbons (Fsp3) is 0.227. The molecule has 0 aliphatic carbocycles. The molecule has 0 aliphatic rings. The van der Waals surface area contributed by atoms with Crippen LogP contribution in [0.3, 0.4) is 0 Å². The van der Waals surface area contributed by atoms with E-state index in [1.165, 1.54) is 27.6 Å². The summed E-state index contributed by atoms with van der Waals surface area (Å²) in [5.41, 5.74) is 10.1. The van der Waals surface area contributed by atoms with Crippen LogP contribution in [0.2, 0.25) is 0 Å². The van der Waals surface area contributed by atoms with Gasteiger partial charge in [0.2, 0.25) is 0 Å². The molecule has 3 heterocycles. The van der Waals surface area contributed by atoms with Crippen LogP contribution in [-0.2, 0) is 10.8 Å². The van der Waals surface area contributed by atoms with Gasteiger partial charge in [0.1, 0.15) is 17.3 Å². The van der Waals surface area contributed by atoms with E-state index in [1.54, 1.807) is 6.20 Å². The molecular weight excluding hydrogens is 615 g/mol. The third-order valence-corrected chi connectivity index (χ3v) is 9.28. The van der Waals surface area contributed by atoms with E-state index in [0.717, 1.165) is 56.6 Å². The predicted octanol–water partition coefficient (Wildman–Crippen LogP) is 12.1. The molecule has 7 aromatic rings. The largest absolute Gasteiger partial charge is 0.457 e. The molecule has 0 bridgehead atoms. The highest BCUT2D eigenvalue weighted by Gasteiger charge is 2.19. The van der Waals surface area contributed by atoms with Gasteiger partial charge >= 0.3 is 0 Å². The van der Waals surface area contributed by atoms with Crippen LogP contribution in [-0.4, -0.2) is 14.5 Å². The van der Waals surface area contributed by atoms with Crippen LogP contribution in [0.1, 0.15) is 63.8 Å². The minimum atomic E-state index is 0.00541. The van der Waals surface area contributed by atoms with Crippen molar-refractivity contribution in [3.63, 3.8) is 0 Å². The number of hydrogen-bond acceptors (Lipinski definition) is 5. The van der Waals surface area contributed by atoms with E-state index in [2.05, 4.69) is 131 Å². The summed E-state index contributed by atoms with van der Waals surface area (Å²) in [4.78, 5) is 9.51. The molecule has 2 N–H and O–H groups in total. The quantitative estimate of drug-likeness (QED) is 0.178. The Morgan fingerprint density at radius 3 is 2.06 bits per heavy atom. The molecule has 7 rings (SSSR count). The topological polar surface area (TPSA) is 64.0 Å². The molecule has 3 aromatic heterocycles. The number of hydrogen-bond donors (Lipinski definition) is 2. The van der Waals surface area contributed by atoms with E-state index in [0.29, 0.717) is 0 Å². The second-order valence-electron chi connectivity index (χ2n) is 15.2. The molecule has 6 heteroatoms. The molecule has 50 heavy (non-hydrogen) atoms. The van der Waals surface area contributed by atoms with Crippen LogP contribution in [0.5, 0.6) is 11.5 Å². The van der Waals surface area contributed by atoms with Gasteiger partial charge in [-0.05, 0) is 102 Å². The first-order valence-electron chi connectivity index (χ1n) is 17.2. The average Bonchev–Trinajstić information content (AvgIpc) is 3.40. The summed E-state index contributed by atoms with van der Waals surface area (Å²) in [5, 5.41) is 9.51. The van der Waals surface area contributed by atoms with Crippen molar-refractivity contribution in [1.82, 2.24) is 14.5 Å². The minimum absolute atomic E-state index is 0.00541. The second kappa shape index (κ2) is 12.7. The summed E-state index contributed by atoms with van der Waals surface area (Å²) in [6.07, 6.45) is 3.71. The summed E-state index contributed by atoms with van der Waals surface area (Å²) in [5.74, 6) is 3.09. The summed E-state index contributed by atoms with van der Waals surface area (Å²) in [7, 11) is 0. The van der Waals surface area contributed by atoms with Crippen LogP contribution < -0.4 is 15.4 Å². The third kappa shape index (κ3) is 6.53. The lowest BCUT2D eigenvalue weighted by molar-refractivity contribution is 0.483. The molecule has 252 valence electrons. The minimum Gasteiger partial charge on any atom is -0.457 e. The number of aromatic nitrogens is 3. The lowest BCUT2D eigenvalue weighted by Gasteiger charge is -2.23. The number of fused-ring (bicyclic) bond motifs is 3. The number of aryl methyl sites for hydroxylation is 2. The first-order chi connectivity index (χ1) is 23.8. The Hall–Kier alpha value is -5.62. The average molecular weight is 660 g/mol. The number of anilines is 4. The molecule has 0 saturated carbocycles. The molecule has 0 unspecified atom stereocenters. The zero-order valence-electron chi connectivity index (χ0n) is 30.2. The van der Waals surface area contributed by atoms with Crippen molar-refractivity contribution in [3.8, 4) is 17.3 Å². The number of benzene rings is 4. The van der Waals surface area contributed by atoms with Crippen molar-refractivity contribution in [1.29, 1.82) is 0 Å². The number of nitrogens with zero attached hydrogens (tertiary/aromatic N) is 3. The van der Waals surface area contributed by atoms with Crippen LogP contribution in [0, 0.1) is 13.8 Å². The van der Waals surface area contributed by atoms with Crippen molar-refractivity contribution < 1.29 is 4.74 Å². The normalized spacial score (nSPS) is 12.0. The lowest BCUT2D eigenvalue weighted by atomic mass is 9.85. The van der Waals surface area contributed by atoms with E-state index < -0.39 is 0 Å². The Balaban J connectivity index is 1.18. The summed E-state index contributed by atoms with van der Waals surface area (Å²) < 4.78 is 8.75. The molecule has 6 nitrogen and oxygen atoms in total. The fourth-order valence-electron chi connectivity index (χ4n) is 6.51. The Bertz CT molecular complexity index is 2330. The number of ether oxygens (including phenoxy) is 1. The van der Waals surface area contributed by atoms with Gasteiger partial charge in [-0.1, -0.05) is 77.9 Å². The molecule has 4 aromatic carbocycles. The van der Waals surface area contributed by atoms with Crippen molar-refractivity contribution in [2.75, 3.05) is 10.6 Å². The van der Waals surface area contributed by atoms with Gasteiger partial charge in [0.15, 0.2) is 5.82 Å². The van der Waals surface area contributed by atoms with E-state index >= 15 is 0 Å². The summed E-state index contributed by atoms with van der Waals surface area (Å²) in [6, 6.07) is 35.6. The standard InChI is InChI=1S/C44H45N5O/c1-28-23-31(44(6,7)8)24-29(2)41(28)48-37-16-12-21-46-42(37)47-32-13-11-14-33(26-32)50-34-18-19-36-35-15-9-10-17-38(35)49(39(36)27-34)40-25-30(20-22-45-40)43(3,4)5/h9-27,48H,1-8H3,(H,46,47). The molecule has 0 fully saturated rings. The van der Waals surface area contributed by atoms with E-state index in [4.69, 9.17) is 14.7 Å². The SMILES string of the molecule is Cc1cc(C(C)(C)C)cc(C)c1Nc1cccnc1Nc1cccc(Oc2ccc3c4ccccc4n(-c4cc(C(C)(C)C)ccn4)c3c2)c1. The molecule has 0 aliphatic heterocycles. The maximum atomic E-state index is 6.52. The highest BCUT2D eigenvalue weighted by molar-refractivity contribution is 6.09. The first kappa shape index (κ1) is 32.9. The van der Waals surface area contributed by atoms with Gasteiger partial charge in [0, 0.05) is 46.7 Å². The smallest absolute Gasteiger partial charge is 0.154 e. The van der Waals surface area contributed by atoms with Crippen molar-refractivity contribution in [3.05, 3.63) is 138 Å². The zero-order chi connectivity index (χ0) is 35.2. The van der Waals surface area contributed by atoms with Gasteiger partial charge in [0.25, 0.3) is 0 Å². The lowest BCUT2D eigenvalue weighted by Crippen LogP contribution is -2.12. The van der Waals surface area contributed by atoms with Gasteiger partial charge < -0.3 is 15.4 Å². The maximum Gasteiger partial charge on any atom is 0.154 e. The Morgan fingerprint density at radius 2 is 1.30 bits per heavy atom. The highest BCUT2D eigenvalue weighted by atomic mass is 16.5. The van der Waals surface area contributed by atoms with Crippen LogP contribution >= 0.6 is 0 Å². The molecule has 0 spiro atoms.